The van der Waals surface area contributed by atoms with Crippen LogP contribution in [0.5, 0.6) is 5.75 Å². The maximum atomic E-state index is 14.2. The van der Waals surface area contributed by atoms with E-state index in [-0.39, 0.29) is 11.3 Å². The summed E-state index contributed by atoms with van der Waals surface area (Å²) in [6.45, 7) is 2.50. The van der Waals surface area contributed by atoms with Crippen LogP contribution in [0.25, 0.3) is 11.3 Å². The lowest BCUT2D eigenvalue weighted by molar-refractivity contribution is -0.189. The standard InChI is InChI=1S/C16H13F4NO3/c1-8-3-4-13(21-7-8)10-6-14(24-9(2)16(18,19)20)11(15(22)23)5-12(10)17/h3-7,9H,1-2H3,(H,22,23)/t9-/m0/s1. The highest BCUT2D eigenvalue weighted by molar-refractivity contribution is 5.92. The monoisotopic (exact) mass is 343 g/mol. The molecule has 0 aliphatic rings. The van der Waals surface area contributed by atoms with Gasteiger partial charge in [0.05, 0.1) is 5.69 Å². The zero-order valence-corrected chi connectivity index (χ0v) is 12.7. The zero-order valence-electron chi connectivity index (χ0n) is 12.7. The summed E-state index contributed by atoms with van der Waals surface area (Å²) in [7, 11) is 0. The summed E-state index contributed by atoms with van der Waals surface area (Å²) in [5.41, 5.74) is 0.117. The van der Waals surface area contributed by atoms with Crippen LogP contribution in [0.1, 0.15) is 22.8 Å². The van der Waals surface area contributed by atoms with E-state index < -0.39 is 35.4 Å². The molecule has 0 saturated heterocycles. The first-order valence-corrected chi connectivity index (χ1v) is 6.83. The van der Waals surface area contributed by atoms with Gasteiger partial charge in [-0.05, 0) is 37.6 Å². The first-order chi connectivity index (χ1) is 11.1. The molecule has 2 rings (SSSR count). The predicted molar refractivity (Wildman–Crippen MR) is 77.5 cm³/mol. The van der Waals surface area contributed by atoms with E-state index in [0.29, 0.717) is 6.07 Å². The van der Waals surface area contributed by atoms with E-state index in [1.165, 1.54) is 12.3 Å². The fourth-order valence-electron chi connectivity index (χ4n) is 1.90. The second-order valence-electron chi connectivity index (χ2n) is 5.16. The number of ether oxygens (including phenoxy) is 1. The Morgan fingerprint density at radius 1 is 1.29 bits per heavy atom. The number of aromatic carboxylic acids is 1. The summed E-state index contributed by atoms with van der Waals surface area (Å²) in [5.74, 6) is -3.09. The molecule has 0 aliphatic heterocycles. The van der Waals surface area contributed by atoms with Gasteiger partial charge in [0, 0.05) is 11.8 Å². The Balaban J connectivity index is 2.53. The fourth-order valence-corrected chi connectivity index (χ4v) is 1.90. The van der Waals surface area contributed by atoms with Gasteiger partial charge in [-0.25, -0.2) is 9.18 Å². The number of carboxylic acid groups (broad SMARTS) is 1. The Bertz CT molecular complexity index is 757. The summed E-state index contributed by atoms with van der Waals surface area (Å²) < 4.78 is 56.8. The molecule has 8 heteroatoms. The van der Waals surface area contributed by atoms with Gasteiger partial charge in [0.25, 0.3) is 0 Å². The van der Waals surface area contributed by atoms with Crippen LogP contribution in [0.15, 0.2) is 30.5 Å². The van der Waals surface area contributed by atoms with E-state index in [0.717, 1.165) is 18.6 Å². The van der Waals surface area contributed by atoms with Gasteiger partial charge in [0.1, 0.15) is 17.1 Å². The summed E-state index contributed by atoms with van der Waals surface area (Å²) >= 11 is 0. The molecule has 0 spiro atoms. The maximum Gasteiger partial charge on any atom is 0.425 e. The Morgan fingerprint density at radius 3 is 2.46 bits per heavy atom. The second kappa shape index (κ2) is 6.46. The van der Waals surface area contributed by atoms with Crippen LogP contribution in [0.4, 0.5) is 17.6 Å². The Kier molecular flexibility index (Phi) is 4.77. The molecule has 24 heavy (non-hydrogen) atoms. The normalized spacial score (nSPS) is 12.8. The van der Waals surface area contributed by atoms with Crippen LogP contribution in [0, 0.1) is 12.7 Å². The van der Waals surface area contributed by atoms with Crippen molar-refractivity contribution in [1.29, 1.82) is 0 Å². The molecule has 0 aliphatic carbocycles. The minimum Gasteiger partial charge on any atom is -0.480 e. The topological polar surface area (TPSA) is 59.4 Å². The summed E-state index contributed by atoms with van der Waals surface area (Å²) in [6.07, 6.45) is -5.48. The molecular weight excluding hydrogens is 330 g/mol. The summed E-state index contributed by atoms with van der Waals surface area (Å²) in [5, 5.41) is 9.06. The number of carboxylic acids is 1. The largest absolute Gasteiger partial charge is 0.480 e. The molecule has 0 bridgehead atoms. The lowest BCUT2D eigenvalue weighted by atomic mass is 10.1. The molecule has 0 amide bonds. The summed E-state index contributed by atoms with van der Waals surface area (Å²) in [6, 6.07) is 4.66. The molecule has 1 atom stereocenters. The van der Waals surface area contributed by atoms with Gasteiger partial charge in [-0.1, -0.05) is 6.07 Å². The number of rotatable bonds is 4. The van der Waals surface area contributed by atoms with Crippen LogP contribution < -0.4 is 4.74 Å². The van der Waals surface area contributed by atoms with Crippen molar-refractivity contribution in [2.45, 2.75) is 26.1 Å². The van der Waals surface area contributed by atoms with Crippen LogP contribution in [-0.4, -0.2) is 28.3 Å². The highest BCUT2D eigenvalue weighted by Gasteiger charge is 2.38. The van der Waals surface area contributed by atoms with Crippen molar-refractivity contribution in [2.24, 2.45) is 0 Å². The van der Waals surface area contributed by atoms with Gasteiger partial charge in [-0.2, -0.15) is 13.2 Å². The van der Waals surface area contributed by atoms with Crippen LogP contribution in [0.2, 0.25) is 0 Å². The van der Waals surface area contributed by atoms with E-state index in [4.69, 9.17) is 9.84 Å². The second-order valence-corrected chi connectivity index (χ2v) is 5.16. The molecule has 128 valence electrons. The van der Waals surface area contributed by atoms with Gasteiger partial charge in [-0.15, -0.1) is 0 Å². The van der Waals surface area contributed by atoms with Crippen molar-refractivity contribution < 1.29 is 32.2 Å². The van der Waals surface area contributed by atoms with E-state index in [9.17, 15) is 22.4 Å². The number of halogens is 4. The highest BCUT2D eigenvalue weighted by atomic mass is 19.4. The molecule has 4 nitrogen and oxygen atoms in total. The predicted octanol–water partition coefficient (Wildman–Crippen LogP) is 4.22. The van der Waals surface area contributed by atoms with Gasteiger partial charge >= 0.3 is 12.1 Å². The van der Waals surface area contributed by atoms with Crippen LogP contribution in [0.3, 0.4) is 0 Å². The number of carbonyl (C=O) groups is 1. The van der Waals surface area contributed by atoms with E-state index >= 15 is 0 Å². The van der Waals surface area contributed by atoms with Gasteiger partial charge < -0.3 is 9.84 Å². The minimum atomic E-state index is -4.69. The van der Waals surface area contributed by atoms with E-state index in [1.807, 2.05) is 0 Å². The average Bonchev–Trinajstić information content (AvgIpc) is 2.48. The number of benzene rings is 1. The third-order valence-corrected chi connectivity index (χ3v) is 3.25. The molecule has 2 aromatic rings. The fraction of sp³-hybridized carbons (Fsp3) is 0.250. The molecule has 0 radical (unpaired) electrons. The molecule has 1 aromatic carbocycles. The quantitative estimate of drug-likeness (QED) is 0.844. The summed E-state index contributed by atoms with van der Waals surface area (Å²) in [4.78, 5) is 15.1. The number of alkyl halides is 3. The number of aromatic nitrogens is 1. The Labute approximate surface area is 134 Å². The lowest BCUT2D eigenvalue weighted by Crippen LogP contribution is -2.31. The molecular formula is C16H13F4NO3. The third kappa shape index (κ3) is 3.81. The number of hydrogen-bond donors (Lipinski definition) is 1. The van der Waals surface area contributed by atoms with E-state index in [2.05, 4.69) is 4.98 Å². The van der Waals surface area contributed by atoms with Gasteiger partial charge in [-0.3, -0.25) is 4.98 Å². The maximum absolute atomic E-state index is 14.2. The number of hydrogen-bond acceptors (Lipinski definition) is 3. The Hall–Kier alpha value is -2.64. The van der Waals surface area contributed by atoms with Crippen LogP contribution in [-0.2, 0) is 0 Å². The smallest absolute Gasteiger partial charge is 0.425 e. The van der Waals surface area contributed by atoms with Gasteiger partial charge in [0.2, 0.25) is 0 Å². The molecule has 0 unspecified atom stereocenters. The van der Waals surface area contributed by atoms with E-state index in [1.54, 1.807) is 13.0 Å². The average molecular weight is 343 g/mol. The first-order valence-electron chi connectivity index (χ1n) is 6.83. The zero-order chi connectivity index (χ0) is 18.1. The number of pyridine rings is 1. The van der Waals surface area contributed by atoms with Crippen molar-refractivity contribution in [3.8, 4) is 17.0 Å². The Morgan fingerprint density at radius 2 is 1.96 bits per heavy atom. The molecule has 1 heterocycles. The van der Waals surface area contributed by atoms with Crippen molar-refractivity contribution in [3.05, 3.63) is 47.4 Å². The van der Waals surface area contributed by atoms with Crippen LogP contribution >= 0.6 is 0 Å². The lowest BCUT2D eigenvalue weighted by Gasteiger charge is -2.19. The van der Waals surface area contributed by atoms with Crippen molar-refractivity contribution in [2.75, 3.05) is 0 Å². The molecule has 1 N–H and O–H groups in total. The number of aryl methyl sites for hydroxylation is 1. The van der Waals surface area contributed by atoms with Gasteiger partial charge in [0.15, 0.2) is 6.10 Å². The molecule has 1 aromatic heterocycles. The third-order valence-electron chi connectivity index (χ3n) is 3.25. The first kappa shape index (κ1) is 17.7. The minimum absolute atomic E-state index is 0.149. The van der Waals surface area contributed by atoms with Crippen molar-refractivity contribution in [1.82, 2.24) is 4.98 Å². The SMILES string of the molecule is Cc1ccc(-c2cc(O[C@@H](C)C(F)(F)F)c(C(=O)O)cc2F)nc1. The highest BCUT2D eigenvalue weighted by Crippen LogP contribution is 2.32. The molecule has 0 fully saturated rings. The van der Waals surface area contributed by atoms with Crippen molar-refractivity contribution >= 4 is 5.97 Å². The molecule has 0 saturated carbocycles. The number of nitrogens with zero attached hydrogens (tertiary/aromatic N) is 1. The van der Waals surface area contributed by atoms with Crippen molar-refractivity contribution in [3.63, 3.8) is 0 Å².